The summed E-state index contributed by atoms with van der Waals surface area (Å²) >= 11 is 1.83. The van der Waals surface area contributed by atoms with Crippen LogP contribution in [0.25, 0.3) is 0 Å². The van der Waals surface area contributed by atoms with Crippen LogP contribution in [0.5, 0.6) is 0 Å². The van der Waals surface area contributed by atoms with E-state index in [9.17, 15) is 4.79 Å². The van der Waals surface area contributed by atoms with Crippen LogP contribution in [-0.4, -0.2) is 41.2 Å². The molecule has 0 radical (unpaired) electrons. The van der Waals surface area contributed by atoms with Crippen LogP contribution in [0.15, 0.2) is 59.8 Å². The molecule has 1 aliphatic rings. The summed E-state index contributed by atoms with van der Waals surface area (Å²) in [5.74, 6) is 1.10. The van der Waals surface area contributed by atoms with Gasteiger partial charge in [-0.05, 0) is 61.9 Å². The van der Waals surface area contributed by atoms with Gasteiger partial charge < -0.3 is 5.32 Å². The summed E-state index contributed by atoms with van der Waals surface area (Å²) in [6, 6.07) is 14.1. The first kappa shape index (κ1) is 18.0. The predicted octanol–water partition coefficient (Wildman–Crippen LogP) is 3.52. The summed E-state index contributed by atoms with van der Waals surface area (Å²) in [5, 5.41) is 3.12. The molecule has 1 fully saturated rings. The Morgan fingerprint density at radius 2 is 1.96 bits per heavy atom. The minimum absolute atomic E-state index is 0.0969. The van der Waals surface area contributed by atoms with E-state index in [-0.39, 0.29) is 11.9 Å². The molecule has 4 nitrogen and oxygen atoms in total. The summed E-state index contributed by atoms with van der Waals surface area (Å²) in [5.41, 5.74) is 0.987. The van der Waals surface area contributed by atoms with Gasteiger partial charge >= 0.3 is 0 Å². The van der Waals surface area contributed by atoms with Gasteiger partial charge in [0, 0.05) is 23.8 Å². The number of likely N-dealkylation sites (tertiary alicyclic amines) is 1. The molecule has 132 valence electrons. The topological polar surface area (TPSA) is 45.2 Å². The molecule has 3 rings (SSSR count). The number of pyridine rings is 1. The van der Waals surface area contributed by atoms with Crippen LogP contribution in [0, 0.1) is 0 Å². The fourth-order valence-corrected chi connectivity index (χ4v) is 4.03. The van der Waals surface area contributed by atoms with E-state index in [0.717, 1.165) is 43.7 Å². The second-order valence-electron chi connectivity index (χ2n) is 6.24. The Balaban J connectivity index is 1.49. The Morgan fingerprint density at radius 3 is 2.68 bits per heavy atom. The molecule has 5 heteroatoms. The molecule has 1 aromatic carbocycles. The third-order valence-corrected chi connectivity index (χ3v) is 5.48. The second kappa shape index (κ2) is 9.59. The summed E-state index contributed by atoms with van der Waals surface area (Å²) in [4.78, 5) is 20.5. The minimum Gasteiger partial charge on any atom is -0.354 e. The fourth-order valence-electron chi connectivity index (χ4n) is 3.15. The predicted molar refractivity (Wildman–Crippen MR) is 103 cm³/mol. The van der Waals surface area contributed by atoms with Crippen LogP contribution < -0.4 is 5.32 Å². The number of rotatable bonds is 8. The molecule has 1 atom stereocenters. The van der Waals surface area contributed by atoms with E-state index in [1.54, 1.807) is 6.20 Å². The molecule has 1 saturated heterocycles. The average Bonchev–Trinajstić information content (AvgIpc) is 3.17. The summed E-state index contributed by atoms with van der Waals surface area (Å²) in [6.07, 6.45) is 6.86. The maximum atomic E-state index is 12.8. The van der Waals surface area contributed by atoms with Gasteiger partial charge in [-0.2, -0.15) is 0 Å². The number of carbonyl (C=O) groups is 1. The van der Waals surface area contributed by atoms with Crippen molar-refractivity contribution in [3.63, 3.8) is 0 Å². The van der Waals surface area contributed by atoms with E-state index in [0.29, 0.717) is 6.54 Å². The van der Waals surface area contributed by atoms with Gasteiger partial charge in [0.25, 0.3) is 0 Å². The van der Waals surface area contributed by atoms with Crippen molar-refractivity contribution in [1.82, 2.24) is 15.2 Å². The van der Waals surface area contributed by atoms with Crippen molar-refractivity contribution in [3.05, 3.63) is 60.4 Å². The van der Waals surface area contributed by atoms with E-state index in [2.05, 4.69) is 39.5 Å². The highest BCUT2D eigenvalue weighted by Gasteiger charge is 2.29. The highest BCUT2D eigenvalue weighted by atomic mass is 32.2. The molecule has 0 spiro atoms. The quantitative estimate of drug-likeness (QED) is 0.581. The first-order chi connectivity index (χ1) is 12.3. The van der Waals surface area contributed by atoms with E-state index < -0.39 is 0 Å². The van der Waals surface area contributed by atoms with E-state index in [1.807, 2.05) is 36.2 Å². The molecule has 0 bridgehead atoms. The fraction of sp³-hybridized carbons (Fsp3) is 0.400. The Morgan fingerprint density at radius 1 is 1.16 bits per heavy atom. The Bertz CT molecular complexity index is 645. The van der Waals surface area contributed by atoms with Gasteiger partial charge in [-0.3, -0.25) is 14.7 Å². The zero-order chi connectivity index (χ0) is 17.3. The molecule has 25 heavy (non-hydrogen) atoms. The van der Waals surface area contributed by atoms with Crippen molar-refractivity contribution >= 4 is 17.7 Å². The number of carbonyl (C=O) groups excluding carboxylic acids is 1. The molecular weight excluding hydrogens is 330 g/mol. The van der Waals surface area contributed by atoms with Crippen LogP contribution in [0.3, 0.4) is 0 Å². The molecule has 2 aromatic rings. The largest absolute Gasteiger partial charge is 0.354 e. The number of amides is 1. The normalized spacial score (nSPS) is 15.8. The average molecular weight is 356 g/mol. The molecule has 0 aliphatic carbocycles. The second-order valence-corrected chi connectivity index (χ2v) is 7.41. The van der Waals surface area contributed by atoms with Crippen molar-refractivity contribution in [2.45, 2.75) is 30.2 Å². The summed E-state index contributed by atoms with van der Waals surface area (Å²) in [6.45, 7) is 2.68. The number of nitrogens with one attached hydrogen (secondary N) is 1. The third-order valence-electron chi connectivity index (χ3n) is 4.39. The van der Waals surface area contributed by atoms with E-state index in [1.165, 1.54) is 4.90 Å². The van der Waals surface area contributed by atoms with Crippen molar-refractivity contribution < 1.29 is 4.79 Å². The molecule has 2 heterocycles. The van der Waals surface area contributed by atoms with Crippen molar-refractivity contribution in [3.8, 4) is 0 Å². The van der Waals surface area contributed by atoms with Crippen LogP contribution in [0.1, 0.15) is 30.9 Å². The number of thioether (sulfide) groups is 1. The number of hydrogen-bond acceptors (Lipinski definition) is 4. The lowest BCUT2D eigenvalue weighted by atomic mass is 10.1. The van der Waals surface area contributed by atoms with Gasteiger partial charge in [0.15, 0.2) is 0 Å². The first-order valence-corrected chi connectivity index (χ1v) is 9.93. The van der Waals surface area contributed by atoms with Crippen LogP contribution in [-0.2, 0) is 4.79 Å². The number of hydrogen-bond donors (Lipinski definition) is 1. The van der Waals surface area contributed by atoms with E-state index >= 15 is 0 Å². The zero-order valence-corrected chi connectivity index (χ0v) is 15.3. The summed E-state index contributed by atoms with van der Waals surface area (Å²) in [7, 11) is 0. The lowest BCUT2D eigenvalue weighted by molar-refractivity contribution is -0.126. The van der Waals surface area contributed by atoms with Crippen molar-refractivity contribution in [2.24, 2.45) is 0 Å². The highest BCUT2D eigenvalue weighted by Crippen LogP contribution is 2.25. The number of benzene rings is 1. The Kier molecular flexibility index (Phi) is 6.89. The van der Waals surface area contributed by atoms with Gasteiger partial charge in [-0.15, -0.1) is 11.8 Å². The van der Waals surface area contributed by atoms with Gasteiger partial charge in [-0.1, -0.05) is 24.3 Å². The zero-order valence-electron chi connectivity index (χ0n) is 14.4. The molecule has 1 aromatic heterocycles. The smallest absolute Gasteiger partial charge is 0.242 e. The van der Waals surface area contributed by atoms with Crippen LogP contribution in [0.2, 0.25) is 0 Å². The minimum atomic E-state index is -0.210. The molecular formula is C20H25N3OS. The molecule has 1 N–H and O–H groups in total. The molecule has 1 aliphatic heterocycles. The molecule has 1 amide bonds. The summed E-state index contributed by atoms with van der Waals surface area (Å²) < 4.78 is 0. The van der Waals surface area contributed by atoms with Crippen LogP contribution >= 0.6 is 11.8 Å². The van der Waals surface area contributed by atoms with Crippen LogP contribution in [0.4, 0.5) is 0 Å². The van der Waals surface area contributed by atoms with Gasteiger partial charge in [0.2, 0.25) is 5.91 Å². The molecule has 0 unspecified atom stereocenters. The number of aromatic nitrogens is 1. The van der Waals surface area contributed by atoms with Crippen molar-refractivity contribution in [2.75, 3.05) is 25.4 Å². The maximum absolute atomic E-state index is 12.8. The SMILES string of the molecule is O=C(NCCCSc1ccccc1)[C@@H](c1cccnc1)N1CCCC1. The molecule has 0 saturated carbocycles. The lowest BCUT2D eigenvalue weighted by Gasteiger charge is -2.26. The third kappa shape index (κ3) is 5.31. The van der Waals surface area contributed by atoms with Gasteiger partial charge in [0.05, 0.1) is 0 Å². The Labute approximate surface area is 154 Å². The Hall–Kier alpha value is -1.85. The lowest BCUT2D eigenvalue weighted by Crippen LogP contribution is -2.39. The highest BCUT2D eigenvalue weighted by molar-refractivity contribution is 7.99. The van der Waals surface area contributed by atoms with Gasteiger partial charge in [0.1, 0.15) is 6.04 Å². The standard InChI is InChI=1S/C20H25N3OS/c24-20(22-12-7-15-25-18-9-2-1-3-10-18)19(23-13-4-5-14-23)17-8-6-11-21-16-17/h1-3,6,8-11,16,19H,4-5,7,12-15H2,(H,22,24)/t19-/m1/s1. The first-order valence-electron chi connectivity index (χ1n) is 8.94. The van der Waals surface area contributed by atoms with E-state index in [4.69, 9.17) is 0 Å². The number of nitrogens with zero attached hydrogens (tertiary/aromatic N) is 2. The van der Waals surface area contributed by atoms with Gasteiger partial charge in [-0.25, -0.2) is 0 Å². The monoisotopic (exact) mass is 355 g/mol. The maximum Gasteiger partial charge on any atom is 0.242 e. The van der Waals surface area contributed by atoms with Crippen molar-refractivity contribution in [1.29, 1.82) is 0 Å².